The van der Waals surface area contributed by atoms with Gasteiger partial charge in [0.1, 0.15) is 0 Å². The molecule has 1 aromatic carbocycles. The van der Waals surface area contributed by atoms with Gasteiger partial charge in [-0.05, 0) is 42.5 Å². The van der Waals surface area contributed by atoms with E-state index in [1.807, 2.05) is 24.3 Å². The molecule has 0 bridgehead atoms. The molecular weight excluding hydrogens is 196 g/mol. The number of rotatable bonds is 4. The van der Waals surface area contributed by atoms with E-state index in [4.69, 9.17) is 5.26 Å². The number of anilines is 1. The van der Waals surface area contributed by atoms with Gasteiger partial charge >= 0.3 is 0 Å². The van der Waals surface area contributed by atoms with Gasteiger partial charge in [0.25, 0.3) is 0 Å². The van der Waals surface area contributed by atoms with Crippen LogP contribution in [0, 0.1) is 16.7 Å². The standard InChI is InChI=1S/C14H20N2/c1-14(2,3)9-4-10-16-13-7-5-12(11-15)6-8-13/h5-8,16H,4,9-10H2,1-3H3. The van der Waals surface area contributed by atoms with Crippen molar-refractivity contribution in [2.45, 2.75) is 33.6 Å². The van der Waals surface area contributed by atoms with Crippen LogP contribution in [0.15, 0.2) is 24.3 Å². The topological polar surface area (TPSA) is 35.8 Å². The van der Waals surface area contributed by atoms with Crippen LogP contribution in [0.5, 0.6) is 0 Å². The van der Waals surface area contributed by atoms with Gasteiger partial charge in [-0.15, -0.1) is 0 Å². The molecule has 0 aromatic heterocycles. The van der Waals surface area contributed by atoms with E-state index in [9.17, 15) is 0 Å². The van der Waals surface area contributed by atoms with E-state index in [1.54, 1.807) is 0 Å². The maximum atomic E-state index is 8.66. The summed E-state index contributed by atoms with van der Waals surface area (Å²) in [4.78, 5) is 0. The summed E-state index contributed by atoms with van der Waals surface area (Å²) in [6.07, 6.45) is 2.39. The Morgan fingerprint density at radius 3 is 2.31 bits per heavy atom. The summed E-state index contributed by atoms with van der Waals surface area (Å²) in [7, 11) is 0. The summed E-state index contributed by atoms with van der Waals surface area (Å²) in [6.45, 7) is 7.77. The van der Waals surface area contributed by atoms with E-state index in [-0.39, 0.29) is 0 Å². The molecular formula is C14H20N2. The molecule has 0 aliphatic rings. The average molecular weight is 216 g/mol. The highest BCUT2D eigenvalue weighted by atomic mass is 14.9. The first-order valence-electron chi connectivity index (χ1n) is 5.75. The monoisotopic (exact) mass is 216 g/mol. The molecule has 1 rings (SSSR count). The van der Waals surface area contributed by atoms with Gasteiger partial charge in [-0.1, -0.05) is 20.8 Å². The van der Waals surface area contributed by atoms with Crippen molar-refractivity contribution in [3.63, 3.8) is 0 Å². The third-order valence-electron chi connectivity index (χ3n) is 2.45. The first kappa shape index (κ1) is 12.6. The first-order valence-corrected chi connectivity index (χ1v) is 5.75. The maximum Gasteiger partial charge on any atom is 0.0991 e. The van der Waals surface area contributed by atoms with Crippen LogP contribution in [0.1, 0.15) is 39.2 Å². The summed E-state index contributed by atoms with van der Waals surface area (Å²) < 4.78 is 0. The van der Waals surface area contributed by atoms with Gasteiger partial charge in [-0.25, -0.2) is 0 Å². The lowest BCUT2D eigenvalue weighted by Gasteiger charge is -2.17. The van der Waals surface area contributed by atoms with Crippen LogP contribution in [0.3, 0.4) is 0 Å². The number of nitriles is 1. The molecule has 0 amide bonds. The second-order valence-corrected chi connectivity index (χ2v) is 5.28. The van der Waals surface area contributed by atoms with Crippen molar-refractivity contribution in [2.24, 2.45) is 5.41 Å². The Hall–Kier alpha value is -1.49. The van der Waals surface area contributed by atoms with Crippen LogP contribution in [0.2, 0.25) is 0 Å². The molecule has 0 aliphatic carbocycles. The van der Waals surface area contributed by atoms with Gasteiger partial charge in [0, 0.05) is 12.2 Å². The molecule has 2 heteroatoms. The molecule has 0 spiro atoms. The van der Waals surface area contributed by atoms with Gasteiger partial charge in [0.05, 0.1) is 11.6 Å². The zero-order valence-corrected chi connectivity index (χ0v) is 10.4. The van der Waals surface area contributed by atoms with Gasteiger partial charge in [-0.3, -0.25) is 0 Å². The largest absolute Gasteiger partial charge is 0.385 e. The normalized spacial score (nSPS) is 10.9. The molecule has 0 heterocycles. The Labute approximate surface area is 98.3 Å². The number of hydrogen-bond donors (Lipinski definition) is 1. The molecule has 2 nitrogen and oxygen atoms in total. The predicted octanol–water partition coefficient (Wildman–Crippen LogP) is 3.80. The van der Waals surface area contributed by atoms with Gasteiger partial charge in [0.15, 0.2) is 0 Å². The van der Waals surface area contributed by atoms with Crippen LogP contribution in [0.4, 0.5) is 5.69 Å². The SMILES string of the molecule is CC(C)(C)CCCNc1ccc(C#N)cc1. The molecule has 0 saturated heterocycles. The van der Waals surface area contributed by atoms with E-state index in [0.717, 1.165) is 12.2 Å². The molecule has 16 heavy (non-hydrogen) atoms. The minimum Gasteiger partial charge on any atom is -0.385 e. The minimum atomic E-state index is 0.409. The van der Waals surface area contributed by atoms with Crippen LogP contribution >= 0.6 is 0 Å². The number of hydrogen-bond acceptors (Lipinski definition) is 2. The Balaban J connectivity index is 2.30. The van der Waals surface area contributed by atoms with Crippen molar-refractivity contribution in [1.29, 1.82) is 5.26 Å². The van der Waals surface area contributed by atoms with Gasteiger partial charge in [0.2, 0.25) is 0 Å². The Morgan fingerprint density at radius 2 is 1.81 bits per heavy atom. The number of nitrogens with zero attached hydrogens (tertiary/aromatic N) is 1. The number of benzene rings is 1. The van der Waals surface area contributed by atoms with Crippen molar-refractivity contribution in [2.75, 3.05) is 11.9 Å². The minimum absolute atomic E-state index is 0.409. The average Bonchev–Trinajstić information content (AvgIpc) is 2.24. The van der Waals surface area contributed by atoms with Gasteiger partial charge in [-0.2, -0.15) is 5.26 Å². The lowest BCUT2D eigenvalue weighted by atomic mass is 9.91. The number of nitrogens with one attached hydrogen (secondary N) is 1. The summed E-state index contributed by atoms with van der Waals surface area (Å²) in [5, 5.41) is 12.0. The molecule has 0 radical (unpaired) electrons. The summed E-state index contributed by atoms with van der Waals surface area (Å²) >= 11 is 0. The van der Waals surface area contributed by atoms with Gasteiger partial charge < -0.3 is 5.32 Å². The zero-order valence-electron chi connectivity index (χ0n) is 10.4. The summed E-state index contributed by atoms with van der Waals surface area (Å²) in [6, 6.07) is 9.70. The third kappa shape index (κ3) is 4.84. The second-order valence-electron chi connectivity index (χ2n) is 5.28. The van der Waals surface area contributed by atoms with Crippen molar-refractivity contribution < 1.29 is 0 Å². The third-order valence-corrected chi connectivity index (χ3v) is 2.45. The Kier molecular flexibility index (Phi) is 4.37. The fourth-order valence-corrected chi connectivity index (χ4v) is 1.51. The Bertz CT molecular complexity index is 352. The van der Waals surface area contributed by atoms with Crippen LogP contribution in [-0.2, 0) is 0 Å². The molecule has 0 unspecified atom stereocenters. The van der Waals surface area contributed by atoms with E-state index >= 15 is 0 Å². The fourth-order valence-electron chi connectivity index (χ4n) is 1.51. The van der Waals surface area contributed by atoms with E-state index in [0.29, 0.717) is 11.0 Å². The lowest BCUT2D eigenvalue weighted by Crippen LogP contribution is -2.09. The molecule has 0 atom stereocenters. The van der Waals surface area contributed by atoms with Crippen LogP contribution < -0.4 is 5.32 Å². The molecule has 0 fully saturated rings. The van der Waals surface area contributed by atoms with E-state index in [1.165, 1.54) is 12.8 Å². The molecule has 0 saturated carbocycles. The predicted molar refractivity (Wildman–Crippen MR) is 68.3 cm³/mol. The smallest absolute Gasteiger partial charge is 0.0991 e. The Morgan fingerprint density at radius 1 is 1.19 bits per heavy atom. The van der Waals surface area contributed by atoms with Crippen molar-refractivity contribution in [3.05, 3.63) is 29.8 Å². The molecule has 1 N–H and O–H groups in total. The molecule has 86 valence electrons. The summed E-state index contributed by atoms with van der Waals surface area (Å²) in [5.41, 5.74) is 2.21. The zero-order chi connectivity index (χ0) is 12.0. The molecule has 1 aromatic rings. The maximum absolute atomic E-state index is 8.66. The molecule has 0 aliphatic heterocycles. The van der Waals surface area contributed by atoms with Crippen molar-refractivity contribution in [1.82, 2.24) is 0 Å². The first-order chi connectivity index (χ1) is 7.51. The highest BCUT2D eigenvalue weighted by Crippen LogP contribution is 2.20. The van der Waals surface area contributed by atoms with Crippen LogP contribution in [0.25, 0.3) is 0 Å². The highest BCUT2D eigenvalue weighted by molar-refractivity contribution is 5.46. The fraction of sp³-hybridized carbons (Fsp3) is 0.500. The second kappa shape index (κ2) is 5.55. The van der Waals surface area contributed by atoms with E-state index in [2.05, 4.69) is 32.2 Å². The van der Waals surface area contributed by atoms with Crippen LogP contribution in [-0.4, -0.2) is 6.54 Å². The summed E-state index contributed by atoms with van der Waals surface area (Å²) in [5.74, 6) is 0. The van der Waals surface area contributed by atoms with Crippen molar-refractivity contribution in [3.8, 4) is 6.07 Å². The van der Waals surface area contributed by atoms with Crippen molar-refractivity contribution >= 4 is 5.69 Å². The highest BCUT2D eigenvalue weighted by Gasteiger charge is 2.08. The lowest BCUT2D eigenvalue weighted by molar-refractivity contribution is 0.370. The quantitative estimate of drug-likeness (QED) is 0.777. The van der Waals surface area contributed by atoms with E-state index < -0.39 is 0 Å².